The predicted molar refractivity (Wildman–Crippen MR) is 89.8 cm³/mol. The summed E-state index contributed by atoms with van der Waals surface area (Å²) in [4.78, 5) is 0. The summed E-state index contributed by atoms with van der Waals surface area (Å²) in [6, 6.07) is 9.51. The maximum absolute atomic E-state index is 5.98. The molecule has 2 atom stereocenters. The molecule has 1 aliphatic rings. The first-order valence-electron chi connectivity index (χ1n) is 8.74. The van der Waals surface area contributed by atoms with Gasteiger partial charge in [0.05, 0.1) is 12.1 Å². The molecule has 2 nitrogen and oxygen atoms in total. The van der Waals surface area contributed by atoms with Crippen LogP contribution in [0.5, 0.6) is 0 Å². The molecule has 0 bridgehead atoms. The highest BCUT2D eigenvalue weighted by molar-refractivity contribution is 5.30. The molecule has 118 valence electrons. The molecule has 1 fully saturated rings. The third-order valence-electron chi connectivity index (χ3n) is 4.62. The molecule has 0 aromatic heterocycles. The summed E-state index contributed by atoms with van der Waals surface area (Å²) in [5, 5.41) is 3.70. The molecular formula is C19H31NO. The zero-order valence-corrected chi connectivity index (χ0v) is 13.9. The highest BCUT2D eigenvalue weighted by Gasteiger charge is 2.24. The molecule has 0 heterocycles. The van der Waals surface area contributed by atoms with Crippen LogP contribution in [-0.4, -0.2) is 19.3 Å². The minimum absolute atomic E-state index is 0.262. The van der Waals surface area contributed by atoms with Crippen molar-refractivity contribution in [3.05, 3.63) is 35.4 Å². The first-order chi connectivity index (χ1) is 10.3. The molecule has 2 heteroatoms. The molecule has 1 aliphatic carbocycles. The van der Waals surface area contributed by atoms with Crippen molar-refractivity contribution in [3.8, 4) is 0 Å². The average Bonchev–Trinajstić information content (AvgIpc) is 2.45. The Morgan fingerprint density at radius 1 is 1.24 bits per heavy atom. The zero-order chi connectivity index (χ0) is 15.1. The smallest absolute Gasteiger partial charge is 0.0766 e. The standard InChI is InChI=1S/C19H31NO/c1-4-13-20-19(18(5-2)21-6-3)17-12-8-11-16(14-17)15-9-7-10-15/h8,11-12,14-15,18-20H,4-7,9-10,13H2,1-3H3. The van der Waals surface area contributed by atoms with E-state index >= 15 is 0 Å². The monoisotopic (exact) mass is 289 g/mol. The molecular weight excluding hydrogens is 258 g/mol. The molecule has 0 radical (unpaired) electrons. The van der Waals surface area contributed by atoms with E-state index in [1.807, 2.05) is 0 Å². The lowest BCUT2D eigenvalue weighted by Gasteiger charge is -2.30. The lowest BCUT2D eigenvalue weighted by molar-refractivity contribution is 0.0314. The molecule has 1 saturated carbocycles. The van der Waals surface area contributed by atoms with Crippen molar-refractivity contribution in [1.82, 2.24) is 5.32 Å². The first-order valence-corrected chi connectivity index (χ1v) is 8.74. The Balaban J connectivity index is 2.17. The highest BCUT2D eigenvalue weighted by Crippen LogP contribution is 2.37. The second kappa shape index (κ2) is 8.55. The van der Waals surface area contributed by atoms with Crippen molar-refractivity contribution in [3.63, 3.8) is 0 Å². The van der Waals surface area contributed by atoms with E-state index in [0.29, 0.717) is 6.04 Å². The van der Waals surface area contributed by atoms with E-state index in [4.69, 9.17) is 4.74 Å². The largest absolute Gasteiger partial charge is 0.377 e. The van der Waals surface area contributed by atoms with Gasteiger partial charge in [-0.3, -0.25) is 0 Å². The van der Waals surface area contributed by atoms with Crippen molar-refractivity contribution in [2.75, 3.05) is 13.2 Å². The molecule has 1 aromatic rings. The minimum atomic E-state index is 0.262. The Morgan fingerprint density at radius 3 is 2.62 bits per heavy atom. The topological polar surface area (TPSA) is 21.3 Å². The van der Waals surface area contributed by atoms with E-state index < -0.39 is 0 Å². The zero-order valence-electron chi connectivity index (χ0n) is 13.9. The van der Waals surface area contributed by atoms with Gasteiger partial charge in [0, 0.05) is 6.61 Å². The Kier molecular flexibility index (Phi) is 6.72. The van der Waals surface area contributed by atoms with Crippen LogP contribution >= 0.6 is 0 Å². The van der Waals surface area contributed by atoms with Crippen LogP contribution in [0.4, 0.5) is 0 Å². The van der Waals surface area contributed by atoms with Crippen molar-refractivity contribution in [2.24, 2.45) is 0 Å². The van der Waals surface area contributed by atoms with Crippen LogP contribution in [0.2, 0.25) is 0 Å². The summed E-state index contributed by atoms with van der Waals surface area (Å²) in [5.74, 6) is 0.795. The highest BCUT2D eigenvalue weighted by atomic mass is 16.5. The minimum Gasteiger partial charge on any atom is -0.377 e. The summed E-state index contributed by atoms with van der Waals surface area (Å²) in [7, 11) is 0. The van der Waals surface area contributed by atoms with Crippen LogP contribution in [0.25, 0.3) is 0 Å². The van der Waals surface area contributed by atoms with E-state index in [-0.39, 0.29) is 6.10 Å². The van der Waals surface area contributed by atoms with Gasteiger partial charge in [-0.25, -0.2) is 0 Å². The second-order valence-electron chi connectivity index (χ2n) is 6.13. The van der Waals surface area contributed by atoms with Crippen LogP contribution in [0.15, 0.2) is 24.3 Å². The number of hydrogen-bond acceptors (Lipinski definition) is 2. The molecule has 2 unspecified atom stereocenters. The van der Waals surface area contributed by atoms with Crippen LogP contribution in [0.1, 0.15) is 76.0 Å². The van der Waals surface area contributed by atoms with Crippen molar-refractivity contribution in [1.29, 1.82) is 0 Å². The van der Waals surface area contributed by atoms with Gasteiger partial charge in [-0.05, 0) is 56.2 Å². The van der Waals surface area contributed by atoms with Crippen LogP contribution in [0, 0.1) is 0 Å². The number of nitrogens with one attached hydrogen (secondary N) is 1. The van der Waals surface area contributed by atoms with Gasteiger partial charge in [-0.15, -0.1) is 0 Å². The SMILES string of the molecule is CCCNC(c1cccc(C2CCC2)c1)C(CC)OCC. The van der Waals surface area contributed by atoms with Crippen molar-refractivity contribution in [2.45, 2.75) is 70.9 Å². The van der Waals surface area contributed by atoms with Gasteiger partial charge >= 0.3 is 0 Å². The third-order valence-corrected chi connectivity index (χ3v) is 4.62. The maximum Gasteiger partial charge on any atom is 0.0766 e. The van der Waals surface area contributed by atoms with Gasteiger partial charge in [0.1, 0.15) is 0 Å². The molecule has 1 aromatic carbocycles. The van der Waals surface area contributed by atoms with Crippen molar-refractivity contribution >= 4 is 0 Å². The first kappa shape index (κ1) is 16.5. The van der Waals surface area contributed by atoms with E-state index in [1.165, 1.54) is 30.4 Å². The molecule has 21 heavy (non-hydrogen) atoms. The molecule has 2 rings (SSSR count). The van der Waals surface area contributed by atoms with Crippen LogP contribution < -0.4 is 5.32 Å². The number of hydrogen-bond donors (Lipinski definition) is 1. The van der Waals surface area contributed by atoms with Crippen molar-refractivity contribution < 1.29 is 4.74 Å². The quantitative estimate of drug-likeness (QED) is 0.704. The summed E-state index contributed by atoms with van der Waals surface area (Å²) < 4.78 is 5.98. The van der Waals surface area contributed by atoms with Gasteiger partial charge in [0.25, 0.3) is 0 Å². The van der Waals surface area contributed by atoms with E-state index in [1.54, 1.807) is 0 Å². The summed E-state index contributed by atoms with van der Waals surface area (Å²) in [6.07, 6.45) is 6.57. The van der Waals surface area contributed by atoms with Crippen LogP contribution in [0.3, 0.4) is 0 Å². The van der Waals surface area contributed by atoms with Gasteiger partial charge in [0.2, 0.25) is 0 Å². The summed E-state index contributed by atoms with van der Waals surface area (Å²) >= 11 is 0. The number of ether oxygens (including phenoxy) is 1. The predicted octanol–water partition coefficient (Wildman–Crippen LogP) is 4.81. The summed E-state index contributed by atoms with van der Waals surface area (Å²) in [5.41, 5.74) is 2.92. The lowest BCUT2D eigenvalue weighted by Crippen LogP contribution is -2.34. The van der Waals surface area contributed by atoms with Gasteiger partial charge in [0.15, 0.2) is 0 Å². The lowest BCUT2D eigenvalue weighted by atomic mass is 9.79. The van der Waals surface area contributed by atoms with Gasteiger partial charge in [-0.1, -0.05) is 44.5 Å². The molecule has 1 N–H and O–H groups in total. The van der Waals surface area contributed by atoms with Gasteiger partial charge in [-0.2, -0.15) is 0 Å². The summed E-state index contributed by atoms with van der Waals surface area (Å²) in [6.45, 7) is 8.35. The van der Waals surface area contributed by atoms with Gasteiger partial charge < -0.3 is 10.1 Å². The number of benzene rings is 1. The van der Waals surface area contributed by atoms with E-state index in [9.17, 15) is 0 Å². The fraction of sp³-hybridized carbons (Fsp3) is 0.684. The fourth-order valence-corrected chi connectivity index (χ4v) is 3.18. The Hall–Kier alpha value is -0.860. The second-order valence-corrected chi connectivity index (χ2v) is 6.13. The molecule has 0 saturated heterocycles. The number of rotatable bonds is 9. The van der Waals surface area contributed by atoms with E-state index in [2.05, 4.69) is 50.4 Å². The maximum atomic E-state index is 5.98. The van der Waals surface area contributed by atoms with Crippen LogP contribution in [-0.2, 0) is 4.74 Å². The third kappa shape index (κ3) is 4.31. The Morgan fingerprint density at radius 2 is 2.05 bits per heavy atom. The van der Waals surface area contributed by atoms with E-state index in [0.717, 1.165) is 31.9 Å². The molecule has 0 aliphatic heterocycles. The Bertz CT molecular complexity index is 414. The Labute approximate surface area is 130 Å². The average molecular weight is 289 g/mol. The molecule has 0 spiro atoms. The normalized spacial score (nSPS) is 18.2. The molecule has 0 amide bonds. The fourth-order valence-electron chi connectivity index (χ4n) is 3.18.